The highest BCUT2D eigenvalue weighted by atomic mass is 79.9. The first-order valence-corrected chi connectivity index (χ1v) is 2.72. The Balaban J connectivity index is 0.000000640. The maximum atomic E-state index is 3.10. The second-order valence-corrected chi connectivity index (χ2v) is 2.07. The lowest BCUT2D eigenvalue weighted by Gasteiger charge is -1.84. The molecule has 1 heterocycles. The molecule has 0 spiro atoms. The number of H-pyrrole nitrogens is 1. The molecule has 0 aliphatic rings. The minimum absolute atomic E-state index is 0. The van der Waals surface area contributed by atoms with Crippen LogP contribution in [-0.2, 0) is 7.05 Å². The summed E-state index contributed by atoms with van der Waals surface area (Å²) in [6.07, 6.45) is 2.00. The maximum Gasteiger partial charge on any atom is 0.250 e. The molecule has 52 valence electrons. The molecule has 1 N–H and O–H groups in total. The molecule has 0 saturated heterocycles. The third kappa shape index (κ3) is 1.55. The van der Waals surface area contributed by atoms with Gasteiger partial charge in [-0.3, -0.25) is 0 Å². The van der Waals surface area contributed by atoms with Crippen LogP contribution in [0.3, 0.4) is 0 Å². The topological polar surface area (TPSA) is 19.7 Å². The molecule has 0 atom stereocenters. The molecule has 0 amide bonds. The van der Waals surface area contributed by atoms with Gasteiger partial charge in [0.05, 0.1) is 7.05 Å². The van der Waals surface area contributed by atoms with E-state index in [1.807, 2.05) is 20.2 Å². The number of nitrogens with one attached hydrogen (secondary N) is 1. The average Bonchev–Trinajstić information content (AvgIpc) is 1.98. The molecule has 1 rings (SSSR count). The second kappa shape index (κ2) is 3.01. The number of rotatable bonds is 0. The number of hydrogen-bond acceptors (Lipinski definition) is 0. The highest BCUT2D eigenvalue weighted by Gasteiger charge is 2.01. The maximum absolute atomic E-state index is 3.10. The van der Waals surface area contributed by atoms with Crippen molar-refractivity contribution in [2.24, 2.45) is 7.05 Å². The molecule has 0 saturated carbocycles. The van der Waals surface area contributed by atoms with Crippen molar-refractivity contribution in [3.63, 3.8) is 0 Å². The van der Waals surface area contributed by atoms with Gasteiger partial charge in [-0.25, -0.2) is 9.55 Å². The Morgan fingerprint density at radius 3 is 2.11 bits per heavy atom. The summed E-state index contributed by atoms with van der Waals surface area (Å²) in [4.78, 5) is 3.10. The van der Waals surface area contributed by atoms with E-state index < -0.39 is 0 Å². The van der Waals surface area contributed by atoms with Crippen LogP contribution in [0.5, 0.6) is 0 Å². The van der Waals surface area contributed by atoms with Crippen molar-refractivity contribution >= 4 is 0 Å². The van der Waals surface area contributed by atoms with Gasteiger partial charge in [0.2, 0.25) is 0 Å². The number of hydrogen-bond donors (Lipinski definition) is 1. The molecule has 0 radical (unpaired) electrons. The summed E-state index contributed by atoms with van der Waals surface area (Å²) in [5.74, 6) is 1.20. The van der Waals surface area contributed by atoms with Crippen molar-refractivity contribution in [3.8, 4) is 0 Å². The molecular weight excluding hydrogens is 180 g/mol. The van der Waals surface area contributed by atoms with Crippen molar-refractivity contribution in [1.82, 2.24) is 4.98 Å². The predicted octanol–water partition coefficient (Wildman–Crippen LogP) is -2.54. The molecule has 0 aromatic carbocycles. The Morgan fingerprint density at radius 2 is 2.00 bits per heavy atom. The van der Waals surface area contributed by atoms with E-state index in [2.05, 4.69) is 16.5 Å². The van der Waals surface area contributed by atoms with Crippen LogP contribution in [0, 0.1) is 13.8 Å². The Bertz CT molecular complexity index is 173. The molecule has 9 heavy (non-hydrogen) atoms. The molecule has 0 aliphatic heterocycles. The summed E-state index contributed by atoms with van der Waals surface area (Å²) < 4.78 is 2.11. The molecule has 0 bridgehead atoms. The Morgan fingerprint density at radius 1 is 1.44 bits per heavy atom. The number of imidazole rings is 1. The largest absolute Gasteiger partial charge is 1.00 e. The van der Waals surface area contributed by atoms with Crippen LogP contribution in [0.1, 0.15) is 11.5 Å². The smallest absolute Gasteiger partial charge is 0.250 e. The van der Waals surface area contributed by atoms with Crippen LogP contribution >= 0.6 is 0 Å². The molecular formula is C6H11BrN2. The van der Waals surface area contributed by atoms with Gasteiger partial charge in [-0.05, 0) is 0 Å². The fourth-order valence-electron chi connectivity index (χ4n) is 0.667. The molecule has 2 nitrogen and oxygen atoms in total. The third-order valence-electron chi connectivity index (χ3n) is 1.52. The number of nitrogens with zero attached hydrogens (tertiary/aromatic N) is 1. The molecule has 3 heteroatoms. The second-order valence-electron chi connectivity index (χ2n) is 2.07. The zero-order valence-corrected chi connectivity index (χ0v) is 7.49. The fourth-order valence-corrected chi connectivity index (χ4v) is 0.667. The van der Waals surface area contributed by atoms with Gasteiger partial charge in [0, 0.05) is 13.8 Å². The van der Waals surface area contributed by atoms with Gasteiger partial charge in [-0.2, -0.15) is 0 Å². The molecule has 0 unspecified atom stereocenters. The van der Waals surface area contributed by atoms with E-state index >= 15 is 0 Å². The zero-order valence-electron chi connectivity index (χ0n) is 5.90. The molecule has 1 aromatic heterocycles. The van der Waals surface area contributed by atoms with Crippen LogP contribution in [0.25, 0.3) is 0 Å². The summed E-state index contributed by atoms with van der Waals surface area (Å²) in [5, 5.41) is 0. The number of halogens is 1. The quantitative estimate of drug-likeness (QED) is 0.436. The first-order chi connectivity index (χ1) is 3.72. The first-order valence-electron chi connectivity index (χ1n) is 2.72. The van der Waals surface area contributed by atoms with Gasteiger partial charge < -0.3 is 17.0 Å². The van der Waals surface area contributed by atoms with Crippen molar-refractivity contribution < 1.29 is 21.5 Å². The van der Waals surface area contributed by atoms with Gasteiger partial charge in [0.1, 0.15) is 11.9 Å². The van der Waals surface area contributed by atoms with E-state index in [4.69, 9.17) is 0 Å². The van der Waals surface area contributed by atoms with E-state index in [1.54, 1.807) is 0 Å². The third-order valence-corrected chi connectivity index (χ3v) is 1.52. The van der Waals surface area contributed by atoms with E-state index in [9.17, 15) is 0 Å². The minimum atomic E-state index is 0. The van der Waals surface area contributed by atoms with E-state index in [-0.39, 0.29) is 17.0 Å². The SMILES string of the molecule is Cc1c[nH]c(C)[n+]1C.[Br-]. The molecule has 1 aromatic rings. The van der Waals surface area contributed by atoms with Gasteiger partial charge in [0.15, 0.2) is 0 Å². The Labute approximate surface area is 65.7 Å². The van der Waals surface area contributed by atoms with Crippen LogP contribution in [-0.4, -0.2) is 4.98 Å². The van der Waals surface area contributed by atoms with Crippen LogP contribution in [0.15, 0.2) is 6.20 Å². The van der Waals surface area contributed by atoms with Gasteiger partial charge in [0.25, 0.3) is 5.82 Å². The van der Waals surface area contributed by atoms with Crippen molar-refractivity contribution in [2.45, 2.75) is 13.8 Å². The zero-order chi connectivity index (χ0) is 6.15. The average molecular weight is 191 g/mol. The number of aryl methyl sites for hydroxylation is 2. The summed E-state index contributed by atoms with van der Waals surface area (Å²) in [6.45, 7) is 4.12. The molecule has 0 fully saturated rings. The Hall–Kier alpha value is -0.310. The number of aromatic amines is 1. The standard InChI is InChI=1S/C6H10N2.BrH/c1-5-4-7-6(2)8(5)3;/h4H,1-3H3;1H. The Kier molecular flexibility index (Phi) is 2.91. The first kappa shape index (κ1) is 8.69. The van der Waals surface area contributed by atoms with Gasteiger partial charge >= 0.3 is 0 Å². The van der Waals surface area contributed by atoms with Crippen molar-refractivity contribution in [1.29, 1.82) is 0 Å². The predicted molar refractivity (Wildman–Crippen MR) is 31.4 cm³/mol. The van der Waals surface area contributed by atoms with Crippen LogP contribution < -0.4 is 21.5 Å². The summed E-state index contributed by atoms with van der Waals surface area (Å²) in [5.41, 5.74) is 1.27. The van der Waals surface area contributed by atoms with E-state index in [0.29, 0.717) is 0 Å². The summed E-state index contributed by atoms with van der Waals surface area (Å²) >= 11 is 0. The monoisotopic (exact) mass is 190 g/mol. The highest BCUT2D eigenvalue weighted by Crippen LogP contribution is 1.86. The van der Waals surface area contributed by atoms with Crippen molar-refractivity contribution in [2.75, 3.05) is 0 Å². The lowest BCUT2D eigenvalue weighted by atomic mass is 10.5. The van der Waals surface area contributed by atoms with Crippen LogP contribution in [0.4, 0.5) is 0 Å². The van der Waals surface area contributed by atoms with Crippen LogP contribution in [0.2, 0.25) is 0 Å². The summed E-state index contributed by atoms with van der Waals surface area (Å²) in [6, 6.07) is 0. The normalized spacial score (nSPS) is 8.78. The van der Waals surface area contributed by atoms with Crippen molar-refractivity contribution in [3.05, 3.63) is 17.7 Å². The number of aromatic nitrogens is 2. The van der Waals surface area contributed by atoms with E-state index in [1.165, 1.54) is 11.5 Å². The lowest BCUT2D eigenvalue weighted by molar-refractivity contribution is -0.682. The lowest BCUT2D eigenvalue weighted by Crippen LogP contribution is -3.00. The van der Waals surface area contributed by atoms with Gasteiger partial charge in [-0.1, -0.05) is 0 Å². The van der Waals surface area contributed by atoms with Gasteiger partial charge in [-0.15, -0.1) is 0 Å². The highest BCUT2D eigenvalue weighted by molar-refractivity contribution is 4.84. The summed E-state index contributed by atoms with van der Waals surface area (Å²) in [7, 11) is 2.04. The minimum Gasteiger partial charge on any atom is -1.00 e. The van der Waals surface area contributed by atoms with E-state index in [0.717, 1.165) is 0 Å². The molecule has 0 aliphatic carbocycles. The fraction of sp³-hybridized carbons (Fsp3) is 0.500.